The lowest BCUT2D eigenvalue weighted by Crippen LogP contribution is -2.55. The highest BCUT2D eigenvalue weighted by molar-refractivity contribution is 5.80. The molecule has 1 aromatic heterocycles. The van der Waals surface area contributed by atoms with Gasteiger partial charge >= 0.3 is 6.18 Å². The largest absolute Gasteiger partial charge is 0.441 e. The molecule has 27 heavy (non-hydrogen) atoms. The zero-order valence-corrected chi connectivity index (χ0v) is 16.3. The van der Waals surface area contributed by atoms with Crippen molar-refractivity contribution in [3.8, 4) is 0 Å². The number of carbonyl (C=O) groups excluding carboxylic acids is 1. The van der Waals surface area contributed by atoms with Crippen LogP contribution in [0.1, 0.15) is 50.6 Å². The molecule has 7 heteroatoms. The van der Waals surface area contributed by atoms with Crippen LogP contribution in [0.25, 0.3) is 11.1 Å². The maximum Gasteiger partial charge on any atom is 0.397 e. The van der Waals surface area contributed by atoms with Crippen LogP contribution in [0.4, 0.5) is 13.2 Å². The number of carbonyl (C=O) groups is 1. The molecule has 1 aliphatic rings. The molecule has 1 aliphatic heterocycles. The topological polar surface area (TPSA) is 46.3 Å². The SMILES string of the molecule is Cc1nc2c([C@]3(C)CCN(C(=O)CC(F)(F)F)[C@H](C)[C@H]3C)c(C)ccc2o1. The second kappa shape index (κ2) is 6.53. The highest BCUT2D eigenvalue weighted by atomic mass is 19.4. The van der Waals surface area contributed by atoms with Crippen LogP contribution >= 0.6 is 0 Å². The lowest BCUT2D eigenvalue weighted by atomic mass is 9.64. The van der Waals surface area contributed by atoms with Gasteiger partial charge in [0.2, 0.25) is 5.91 Å². The van der Waals surface area contributed by atoms with E-state index in [1.165, 1.54) is 4.90 Å². The second-order valence-corrected chi connectivity index (χ2v) is 7.91. The third kappa shape index (κ3) is 3.44. The Bertz CT molecular complexity index is 874. The van der Waals surface area contributed by atoms with Gasteiger partial charge in [0.15, 0.2) is 11.5 Å². The molecular weight excluding hydrogens is 357 g/mol. The number of oxazole rings is 1. The van der Waals surface area contributed by atoms with Gasteiger partial charge in [-0.05, 0) is 43.4 Å². The van der Waals surface area contributed by atoms with Crippen LogP contribution in [0.5, 0.6) is 0 Å². The van der Waals surface area contributed by atoms with E-state index < -0.39 is 18.5 Å². The summed E-state index contributed by atoms with van der Waals surface area (Å²) in [4.78, 5) is 18.1. The second-order valence-electron chi connectivity index (χ2n) is 7.91. The lowest BCUT2D eigenvalue weighted by Gasteiger charge is -2.50. The Hall–Kier alpha value is -2.05. The number of hydrogen-bond acceptors (Lipinski definition) is 3. The van der Waals surface area contributed by atoms with E-state index in [-0.39, 0.29) is 17.4 Å². The van der Waals surface area contributed by atoms with Gasteiger partial charge in [-0.25, -0.2) is 4.98 Å². The van der Waals surface area contributed by atoms with Gasteiger partial charge in [0.05, 0.1) is 0 Å². The number of halogens is 3. The van der Waals surface area contributed by atoms with Gasteiger partial charge in [-0.2, -0.15) is 13.2 Å². The summed E-state index contributed by atoms with van der Waals surface area (Å²) in [6, 6.07) is 3.58. The molecule has 2 heterocycles. The summed E-state index contributed by atoms with van der Waals surface area (Å²) in [7, 11) is 0. The highest BCUT2D eigenvalue weighted by Gasteiger charge is 2.46. The van der Waals surface area contributed by atoms with Gasteiger partial charge in [0.25, 0.3) is 0 Å². The van der Waals surface area contributed by atoms with Gasteiger partial charge < -0.3 is 9.32 Å². The van der Waals surface area contributed by atoms with E-state index in [4.69, 9.17) is 4.42 Å². The minimum Gasteiger partial charge on any atom is -0.441 e. The molecule has 3 rings (SSSR count). The molecule has 4 nitrogen and oxygen atoms in total. The third-order valence-electron chi connectivity index (χ3n) is 6.21. The normalized spacial score (nSPS) is 26.6. The number of piperidine rings is 1. The van der Waals surface area contributed by atoms with Crippen molar-refractivity contribution in [1.29, 1.82) is 0 Å². The molecule has 0 saturated carbocycles. The first-order valence-corrected chi connectivity index (χ1v) is 9.17. The molecule has 0 radical (unpaired) electrons. The Morgan fingerprint density at radius 2 is 2.00 bits per heavy atom. The van der Waals surface area contributed by atoms with Crippen molar-refractivity contribution in [2.45, 2.75) is 65.1 Å². The summed E-state index contributed by atoms with van der Waals surface area (Å²) in [5.41, 5.74) is 3.35. The van der Waals surface area contributed by atoms with E-state index >= 15 is 0 Å². The van der Waals surface area contributed by atoms with Gasteiger partial charge in [0, 0.05) is 24.9 Å². The first kappa shape index (κ1) is 19.7. The van der Waals surface area contributed by atoms with Crippen molar-refractivity contribution in [2.24, 2.45) is 5.92 Å². The predicted molar refractivity (Wildman–Crippen MR) is 96.5 cm³/mol. The Kier molecular flexibility index (Phi) is 4.77. The number of hydrogen-bond donors (Lipinski definition) is 0. The molecule has 2 aromatic rings. The number of aromatic nitrogens is 1. The number of alkyl halides is 3. The van der Waals surface area contributed by atoms with Gasteiger partial charge in [-0.15, -0.1) is 0 Å². The van der Waals surface area contributed by atoms with Crippen molar-refractivity contribution in [3.63, 3.8) is 0 Å². The van der Waals surface area contributed by atoms with Crippen LogP contribution < -0.4 is 0 Å². The van der Waals surface area contributed by atoms with Crippen LogP contribution in [0.2, 0.25) is 0 Å². The molecular formula is C20H25F3N2O2. The van der Waals surface area contributed by atoms with Gasteiger partial charge in [0.1, 0.15) is 11.9 Å². The number of aryl methyl sites for hydroxylation is 2. The number of fused-ring (bicyclic) bond motifs is 1. The third-order valence-corrected chi connectivity index (χ3v) is 6.21. The van der Waals surface area contributed by atoms with Crippen LogP contribution in [-0.2, 0) is 10.2 Å². The first-order valence-electron chi connectivity index (χ1n) is 9.17. The van der Waals surface area contributed by atoms with Crippen LogP contribution in [0, 0.1) is 19.8 Å². The maximum absolute atomic E-state index is 12.7. The summed E-state index contributed by atoms with van der Waals surface area (Å²) >= 11 is 0. The fourth-order valence-corrected chi connectivity index (χ4v) is 4.49. The molecule has 1 fully saturated rings. The van der Waals surface area contributed by atoms with E-state index in [0.717, 1.165) is 16.6 Å². The van der Waals surface area contributed by atoms with E-state index in [0.29, 0.717) is 24.4 Å². The van der Waals surface area contributed by atoms with Crippen molar-refractivity contribution >= 4 is 17.0 Å². The Morgan fingerprint density at radius 1 is 1.33 bits per heavy atom. The Labute approximate surface area is 156 Å². The summed E-state index contributed by atoms with van der Waals surface area (Å²) in [5.74, 6) is -0.306. The molecule has 148 valence electrons. The van der Waals surface area contributed by atoms with Crippen LogP contribution in [-0.4, -0.2) is 34.6 Å². The molecule has 0 aliphatic carbocycles. The summed E-state index contributed by atoms with van der Waals surface area (Å²) in [5, 5.41) is 0. The molecule has 1 aromatic carbocycles. The zero-order chi connectivity index (χ0) is 20.1. The summed E-state index contributed by atoms with van der Waals surface area (Å²) in [6.07, 6.45) is -5.31. The van der Waals surface area contributed by atoms with Crippen LogP contribution in [0.15, 0.2) is 16.5 Å². The van der Waals surface area contributed by atoms with Crippen molar-refractivity contribution < 1.29 is 22.4 Å². The summed E-state index contributed by atoms with van der Waals surface area (Å²) in [6.45, 7) is 10.1. The number of rotatable bonds is 2. The van der Waals surface area contributed by atoms with Gasteiger partial charge in [-0.3, -0.25) is 4.79 Å². The van der Waals surface area contributed by atoms with E-state index in [1.54, 1.807) is 6.92 Å². The maximum atomic E-state index is 12.7. The molecule has 1 amide bonds. The van der Waals surface area contributed by atoms with E-state index in [2.05, 4.69) is 11.9 Å². The van der Waals surface area contributed by atoms with Crippen molar-refractivity contribution in [3.05, 3.63) is 29.2 Å². The molecule has 0 unspecified atom stereocenters. The molecule has 3 atom stereocenters. The zero-order valence-electron chi connectivity index (χ0n) is 16.3. The van der Waals surface area contributed by atoms with E-state index in [9.17, 15) is 18.0 Å². The molecule has 0 spiro atoms. The molecule has 1 saturated heterocycles. The Morgan fingerprint density at radius 3 is 2.63 bits per heavy atom. The number of likely N-dealkylation sites (tertiary alicyclic amines) is 1. The highest BCUT2D eigenvalue weighted by Crippen LogP contribution is 2.46. The predicted octanol–water partition coefficient (Wildman–Crippen LogP) is 4.91. The number of amides is 1. The van der Waals surface area contributed by atoms with Gasteiger partial charge in [-0.1, -0.05) is 19.9 Å². The minimum absolute atomic E-state index is 0.0373. The Balaban J connectivity index is 1.97. The summed E-state index contributed by atoms with van der Waals surface area (Å²) < 4.78 is 43.7. The standard InChI is InChI=1S/C20H25F3N2O2/c1-11-6-7-15-18(24-14(4)27-15)17(11)19(5)8-9-25(13(3)12(19)2)16(26)10-20(21,22)23/h6-7,12-13H,8-10H2,1-5H3/t12-,13-,19-/m1/s1. The fraction of sp³-hybridized carbons (Fsp3) is 0.600. The number of benzene rings is 1. The fourth-order valence-electron chi connectivity index (χ4n) is 4.49. The lowest BCUT2D eigenvalue weighted by molar-refractivity contribution is -0.165. The van der Waals surface area contributed by atoms with Crippen LogP contribution in [0.3, 0.4) is 0 Å². The molecule has 0 N–H and O–H groups in total. The van der Waals surface area contributed by atoms with Crippen molar-refractivity contribution in [2.75, 3.05) is 6.54 Å². The minimum atomic E-state index is -4.48. The smallest absolute Gasteiger partial charge is 0.397 e. The monoisotopic (exact) mass is 382 g/mol. The number of nitrogens with zero attached hydrogens (tertiary/aromatic N) is 2. The quantitative estimate of drug-likeness (QED) is 0.741. The first-order chi connectivity index (χ1) is 12.4. The van der Waals surface area contributed by atoms with Crippen molar-refractivity contribution in [1.82, 2.24) is 9.88 Å². The van der Waals surface area contributed by atoms with E-state index in [1.807, 2.05) is 32.9 Å². The average Bonchev–Trinajstić information content (AvgIpc) is 2.91. The average molecular weight is 382 g/mol. The molecule has 0 bridgehead atoms.